The van der Waals surface area contributed by atoms with Crippen LogP contribution in [0.4, 0.5) is 4.79 Å². The summed E-state index contributed by atoms with van der Waals surface area (Å²) in [5.74, 6) is 1.02. The number of carbonyl (C=O) groups is 1. The Morgan fingerprint density at radius 1 is 1.64 bits per heavy atom. The highest BCUT2D eigenvalue weighted by atomic mass is 16.2. The predicted molar refractivity (Wildman–Crippen MR) is 55.1 cm³/mol. The molecule has 1 saturated carbocycles. The molecule has 1 fully saturated rings. The summed E-state index contributed by atoms with van der Waals surface area (Å²) in [5, 5.41) is 2.95. The first kappa shape index (κ1) is 9.49. The van der Waals surface area contributed by atoms with Crippen molar-refractivity contribution in [3.05, 3.63) is 0 Å². The molecule has 0 aromatic heterocycles. The van der Waals surface area contributed by atoms with E-state index < -0.39 is 0 Å². The van der Waals surface area contributed by atoms with Crippen LogP contribution in [0.25, 0.3) is 0 Å². The van der Waals surface area contributed by atoms with Gasteiger partial charge in [0.1, 0.15) is 11.4 Å². The summed E-state index contributed by atoms with van der Waals surface area (Å²) in [4.78, 5) is 15.0. The number of hydrogen-bond donors (Lipinski definition) is 2. The van der Waals surface area contributed by atoms with E-state index in [4.69, 9.17) is 5.73 Å². The van der Waals surface area contributed by atoms with Crippen molar-refractivity contribution in [1.82, 2.24) is 5.32 Å². The maximum atomic E-state index is 11.2. The third kappa shape index (κ3) is 1.21. The fourth-order valence-corrected chi connectivity index (χ4v) is 2.49. The monoisotopic (exact) mass is 195 g/mol. The second-order valence-corrected chi connectivity index (χ2v) is 4.28. The standard InChI is InChI=1S/C10H17N3O/c1-2-6-10(7-4-3-5-7)8(11)12-9(14)13-10/h7H,2-6H2,1H3,(H3,11,12,13,14). The molecule has 0 spiro atoms. The summed E-state index contributed by atoms with van der Waals surface area (Å²) in [6, 6.07) is -0.261. The van der Waals surface area contributed by atoms with Crippen molar-refractivity contribution in [3.63, 3.8) is 0 Å². The molecule has 0 radical (unpaired) electrons. The Bertz CT molecular complexity index is 283. The van der Waals surface area contributed by atoms with Gasteiger partial charge < -0.3 is 11.1 Å². The third-order valence-corrected chi connectivity index (χ3v) is 3.46. The quantitative estimate of drug-likeness (QED) is 0.714. The summed E-state index contributed by atoms with van der Waals surface area (Å²) in [6.07, 6.45) is 5.51. The van der Waals surface area contributed by atoms with Crippen molar-refractivity contribution in [2.75, 3.05) is 0 Å². The van der Waals surface area contributed by atoms with Gasteiger partial charge in [-0.3, -0.25) is 0 Å². The van der Waals surface area contributed by atoms with Gasteiger partial charge in [-0.25, -0.2) is 4.79 Å². The van der Waals surface area contributed by atoms with Crippen molar-refractivity contribution in [3.8, 4) is 0 Å². The lowest BCUT2D eigenvalue weighted by Crippen LogP contribution is -2.58. The molecule has 4 nitrogen and oxygen atoms in total. The zero-order chi connectivity index (χ0) is 10.2. The fraction of sp³-hybridized carbons (Fsp3) is 0.800. The number of carbonyl (C=O) groups excluding carboxylic acids is 1. The number of amides is 2. The second kappa shape index (κ2) is 3.26. The Hall–Kier alpha value is -1.06. The molecule has 1 aliphatic heterocycles. The lowest BCUT2D eigenvalue weighted by atomic mass is 9.68. The molecule has 2 rings (SSSR count). The second-order valence-electron chi connectivity index (χ2n) is 4.28. The van der Waals surface area contributed by atoms with Crippen LogP contribution in [-0.4, -0.2) is 17.4 Å². The first-order valence-electron chi connectivity index (χ1n) is 5.36. The molecule has 1 heterocycles. The highest BCUT2D eigenvalue weighted by molar-refractivity contribution is 6.06. The molecular formula is C10H17N3O. The number of hydrogen-bond acceptors (Lipinski definition) is 2. The normalized spacial score (nSPS) is 32.4. The van der Waals surface area contributed by atoms with Crippen LogP contribution in [0.15, 0.2) is 4.99 Å². The van der Waals surface area contributed by atoms with Crippen LogP contribution in [-0.2, 0) is 0 Å². The van der Waals surface area contributed by atoms with Gasteiger partial charge in [0, 0.05) is 0 Å². The molecule has 2 amide bonds. The summed E-state index contributed by atoms with van der Waals surface area (Å²) in [6.45, 7) is 2.11. The van der Waals surface area contributed by atoms with Crippen LogP contribution in [0.5, 0.6) is 0 Å². The van der Waals surface area contributed by atoms with Gasteiger partial charge in [0.05, 0.1) is 0 Å². The predicted octanol–water partition coefficient (Wildman–Crippen LogP) is 1.41. The zero-order valence-electron chi connectivity index (χ0n) is 8.55. The molecule has 0 aromatic rings. The fourth-order valence-electron chi connectivity index (χ4n) is 2.49. The molecular weight excluding hydrogens is 178 g/mol. The molecule has 1 atom stereocenters. The maximum absolute atomic E-state index is 11.2. The summed E-state index contributed by atoms with van der Waals surface area (Å²) in [7, 11) is 0. The van der Waals surface area contributed by atoms with E-state index >= 15 is 0 Å². The Balaban J connectivity index is 2.22. The molecule has 78 valence electrons. The van der Waals surface area contributed by atoms with Gasteiger partial charge in [0.2, 0.25) is 0 Å². The Kier molecular flexibility index (Phi) is 2.21. The number of aliphatic imine (C=N–C) groups is 1. The van der Waals surface area contributed by atoms with E-state index in [1.807, 2.05) is 0 Å². The molecule has 3 N–H and O–H groups in total. The number of urea groups is 1. The Morgan fingerprint density at radius 2 is 2.36 bits per heavy atom. The van der Waals surface area contributed by atoms with E-state index in [2.05, 4.69) is 17.2 Å². The lowest BCUT2D eigenvalue weighted by Gasteiger charge is -2.42. The average Bonchev–Trinajstić information content (AvgIpc) is 2.24. The SMILES string of the molecule is CCCC1(C2CCC2)NC(=O)N=C1N. The number of nitrogens with two attached hydrogens (primary N) is 1. The molecule has 4 heteroatoms. The van der Waals surface area contributed by atoms with Gasteiger partial charge in [-0.1, -0.05) is 19.8 Å². The molecule has 1 unspecified atom stereocenters. The summed E-state index contributed by atoms with van der Waals surface area (Å²) in [5.41, 5.74) is 5.57. The van der Waals surface area contributed by atoms with Crippen LogP contribution in [0.2, 0.25) is 0 Å². The summed E-state index contributed by atoms with van der Waals surface area (Å²) >= 11 is 0. The Labute approximate surface area is 84.0 Å². The van der Waals surface area contributed by atoms with E-state index in [9.17, 15) is 4.79 Å². The first-order chi connectivity index (χ1) is 6.69. The number of nitrogens with one attached hydrogen (secondary N) is 1. The van der Waals surface area contributed by atoms with Crippen LogP contribution in [0.3, 0.4) is 0 Å². The van der Waals surface area contributed by atoms with Gasteiger partial charge in [-0.05, 0) is 25.2 Å². The highest BCUT2D eigenvalue weighted by Gasteiger charge is 2.48. The van der Waals surface area contributed by atoms with Crippen LogP contribution < -0.4 is 11.1 Å². The van der Waals surface area contributed by atoms with E-state index in [-0.39, 0.29) is 11.6 Å². The van der Waals surface area contributed by atoms with Gasteiger partial charge in [-0.15, -0.1) is 0 Å². The number of amidine groups is 1. The van der Waals surface area contributed by atoms with E-state index in [1.165, 1.54) is 6.42 Å². The van der Waals surface area contributed by atoms with Crippen molar-refractivity contribution >= 4 is 11.9 Å². The molecule has 0 saturated heterocycles. The topological polar surface area (TPSA) is 67.5 Å². The Morgan fingerprint density at radius 3 is 2.71 bits per heavy atom. The molecule has 1 aliphatic carbocycles. The van der Waals surface area contributed by atoms with Crippen molar-refractivity contribution in [2.24, 2.45) is 16.6 Å². The molecule has 0 aromatic carbocycles. The average molecular weight is 195 g/mol. The van der Waals surface area contributed by atoms with E-state index in [0.717, 1.165) is 25.7 Å². The molecule has 2 aliphatic rings. The van der Waals surface area contributed by atoms with E-state index in [0.29, 0.717) is 11.8 Å². The van der Waals surface area contributed by atoms with Crippen molar-refractivity contribution in [1.29, 1.82) is 0 Å². The largest absolute Gasteiger partial charge is 0.385 e. The lowest BCUT2D eigenvalue weighted by molar-refractivity contribution is 0.181. The van der Waals surface area contributed by atoms with Crippen molar-refractivity contribution in [2.45, 2.75) is 44.6 Å². The van der Waals surface area contributed by atoms with Gasteiger partial charge in [-0.2, -0.15) is 4.99 Å². The maximum Gasteiger partial charge on any atom is 0.343 e. The van der Waals surface area contributed by atoms with Crippen LogP contribution in [0, 0.1) is 5.92 Å². The number of rotatable bonds is 3. The minimum atomic E-state index is -0.302. The molecule has 14 heavy (non-hydrogen) atoms. The van der Waals surface area contributed by atoms with E-state index in [1.54, 1.807) is 0 Å². The van der Waals surface area contributed by atoms with Crippen molar-refractivity contribution < 1.29 is 4.79 Å². The van der Waals surface area contributed by atoms with Gasteiger partial charge >= 0.3 is 6.03 Å². The first-order valence-corrected chi connectivity index (χ1v) is 5.36. The van der Waals surface area contributed by atoms with Gasteiger partial charge in [0.15, 0.2) is 0 Å². The summed E-state index contributed by atoms with van der Waals surface area (Å²) < 4.78 is 0. The number of nitrogens with zero attached hydrogens (tertiary/aromatic N) is 1. The minimum absolute atomic E-state index is 0.261. The highest BCUT2D eigenvalue weighted by Crippen LogP contribution is 2.40. The van der Waals surface area contributed by atoms with Gasteiger partial charge in [0.25, 0.3) is 0 Å². The third-order valence-electron chi connectivity index (χ3n) is 3.46. The van der Waals surface area contributed by atoms with Crippen LogP contribution >= 0.6 is 0 Å². The van der Waals surface area contributed by atoms with Crippen LogP contribution in [0.1, 0.15) is 39.0 Å². The zero-order valence-corrected chi connectivity index (χ0v) is 8.55. The minimum Gasteiger partial charge on any atom is -0.385 e. The molecule has 0 bridgehead atoms. The smallest absolute Gasteiger partial charge is 0.343 e.